The standard InChI is InChI=1S/2C58H37N3/c1-3-13-38(14-4-1)40-23-28-45(29-24-40)59-53-21-11-10-20-48(53)51-36-42(26-33-55(51)59)43-27-34-56-52(37-43)50-32-31-49-47-19-9-12-22-54(47)60(44-17-5-2-6-18-44)57(49)58(50)61(56)46-30-25-39-15-7-8-16-41(39)35-46;1-3-13-38(14-4-1)40-23-28-45(29-24-40)59-52-21-11-9-19-47(52)50-36-42(26-32-54(50)59)43-27-33-55-51(37-43)48-31-34-56-57(49-20-10-12-22-53(49)60(56)44-17-5-2-6-18-44)58(48)61(55)46-30-25-39-15-7-8-16-41(39)35-46/h2*1-37H. The number of fused-ring (bicyclic) bond motifs is 22. The number of aromatic nitrogens is 6. The van der Waals surface area contributed by atoms with E-state index in [0.29, 0.717) is 0 Å². The van der Waals surface area contributed by atoms with E-state index in [1.165, 1.54) is 197 Å². The van der Waals surface area contributed by atoms with Crippen molar-refractivity contribution in [3.05, 3.63) is 449 Å². The molecule has 26 rings (SSSR count). The van der Waals surface area contributed by atoms with Crippen LogP contribution in [0.5, 0.6) is 0 Å². The maximum absolute atomic E-state index is 2.50. The highest BCUT2D eigenvalue weighted by molar-refractivity contribution is 6.28. The van der Waals surface area contributed by atoms with Crippen LogP contribution in [-0.2, 0) is 0 Å². The Labute approximate surface area is 702 Å². The van der Waals surface area contributed by atoms with Crippen molar-refractivity contribution in [1.82, 2.24) is 27.4 Å². The number of hydrogen-bond acceptors (Lipinski definition) is 0. The first-order valence-electron chi connectivity index (χ1n) is 42.0. The van der Waals surface area contributed by atoms with Gasteiger partial charge in [0.1, 0.15) is 0 Å². The summed E-state index contributed by atoms with van der Waals surface area (Å²) in [5.41, 5.74) is 31.0. The summed E-state index contributed by atoms with van der Waals surface area (Å²) in [6.45, 7) is 0. The van der Waals surface area contributed by atoms with E-state index in [1.54, 1.807) is 0 Å². The molecule has 0 aliphatic heterocycles. The van der Waals surface area contributed by atoms with Crippen molar-refractivity contribution < 1.29 is 0 Å². The van der Waals surface area contributed by atoms with Gasteiger partial charge >= 0.3 is 0 Å². The van der Waals surface area contributed by atoms with E-state index in [-0.39, 0.29) is 0 Å². The van der Waals surface area contributed by atoms with E-state index < -0.39 is 0 Å². The van der Waals surface area contributed by atoms with Crippen LogP contribution in [0.15, 0.2) is 449 Å². The molecule has 20 aromatic carbocycles. The Morgan fingerprint density at radius 3 is 0.820 bits per heavy atom. The minimum absolute atomic E-state index is 1.15. The molecule has 0 unspecified atom stereocenters. The van der Waals surface area contributed by atoms with Gasteiger partial charge in [0.05, 0.1) is 66.2 Å². The average Bonchev–Trinajstić information content (AvgIpc) is 1.54. The first kappa shape index (κ1) is 68.9. The topological polar surface area (TPSA) is 29.6 Å². The van der Waals surface area contributed by atoms with Gasteiger partial charge in [0.25, 0.3) is 0 Å². The van der Waals surface area contributed by atoms with Gasteiger partial charge < -0.3 is 27.4 Å². The van der Waals surface area contributed by atoms with Gasteiger partial charge in [-0.15, -0.1) is 0 Å². The highest BCUT2D eigenvalue weighted by atomic mass is 15.1. The molecular formula is C116H74N6. The average molecular weight is 1550 g/mol. The number of nitrogens with zero attached hydrogens (tertiary/aromatic N) is 6. The molecule has 0 bridgehead atoms. The predicted octanol–water partition coefficient (Wildman–Crippen LogP) is 30.9. The predicted molar refractivity (Wildman–Crippen MR) is 516 cm³/mol. The number of benzene rings is 20. The second-order valence-electron chi connectivity index (χ2n) is 32.3. The molecule has 0 radical (unpaired) electrons. The largest absolute Gasteiger partial charge is 0.309 e. The molecule has 0 aliphatic carbocycles. The van der Waals surface area contributed by atoms with Crippen molar-refractivity contribution in [3.8, 4) is 78.6 Å². The van der Waals surface area contributed by atoms with E-state index in [2.05, 4.69) is 476 Å². The highest BCUT2D eigenvalue weighted by Gasteiger charge is 2.26. The summed E-state index contributed by atoms with van der Waals surface area (Å²) in [6, 6.07) is 164. The normalized spacial score (nSPS) is 11.9. The lowest BCUT2D eigenvalue weighted by Gasteiger charge is -2.13. The molecular weight excluding hydrogens is 1480 g/mol. The molecule has 6 nitrogen and oxygen atoms in total. The van der Waals surface area contributed by atoms with Crippen molar-refractivity contribution >= 4 is 152 Å². The van der Waals surface area contributed by atoms with Crippen molar-refractivity contribution in [2.45, 2.75) is 0 Å². The molecule has 6 heterocycles. The lowest BCUT2D eigenvalue weighted by molar-refractivity contribution is 1.15. The van der Waals surface area contributed by atoms with Gasteiger partial charge in [0.2, 0.25) is 0 Å². The Kier molecular flexibility index (Phi) is 15.6. The Morgan fingerprint density at radius 2 is 0.369 bits per heavy atom. The van der Waals surface area contributed by atoms with Crippen LogP contribution in [0.3, 0.4) is 0 Å². The molecule has 0 amide bonds. The van der Waals surface area contributed by atoms with E-state index in [9.17, 15) is 0 Å². The maximum Gasteiger partial charge on any atom is 0.0788 e. The molecule has 0 saturated carbocycles. The zero-order chi connectivity index (χ0) is 80.0. The van der Waals surface area contributed by atoms with Crippen LogP contribution >= 0.6 is 0 Å². The van der Waals surface area contributed by atoms with Crippen LogP contribution in [0, 0.1) is 0 Å². The summed E-state index contributed by atoms with van der Waals surface area (Å²) in [7, 11) is 0. The van der Waals surface area contributed by atoms with Gasteiger partial charge in [-0.2, -0.15) is 0 Å². The lowest BCUT2D eigenvalue weighted by Crippen LogP contribution is -1.98. The fourth-order valence-electron chi connectivity index (χ4n) is 20.1. The van der Waals surface area contributed by atoms with E-state index >= 15 is 0 Å². The Balaban J connectivity index is 0.000000134. The molecule has 26 aromatic rings. The van der Waals surface area contributed by atoms with Gasteiger partial charge in [-0.25, -0.2) is 0 Å². The van der Waals surface area contributed by atoms with Crippen LogP contribution < -0.4 is 0 Å². The van der Waals surface area contributed by atoms with Gasteiger partial charge in [0, 0.05) is 98.8 Å². The van der Waals surface area contributed by atoms with Crippen molar-refractivity contribution in [2.24, 2.45) is 0 Å². The van der Waals surface area contributed by atoms with Crippen LogP contribution in [0.4, 0.5) is 0 Å². The molecule has 0 spiro atoms. The molecule has 0 N–H and O–H groups in total. The van der Waals surface area contributed by atoms with Crippen molar-refractivity contribution in [1.29, 1.82) is 0 Å². The van der Waals surface area contributed by atoms with Crippen molar-refractivity contribution in [3.63, 3.8) is 0 Å². The number of rotatable bonds is 10. The Hall–Kier alpha value is -16.3. The molecule has 6 aromatic heterocycles. The van der Waals surface area contributed by atoms with Crippen molar-refractivity contribution in [2.75, 3.05) is 0 Å². The minimum Gasteiger partial charge on any atom is -0.309 e. The van der Waals surface area contributed by atoms with E-state index in [4.69, 9.17) is 0 Å². The third-order valence-electron chi connectivity index (χ3n) is 25.6. The number of hydrogen-bond donors (Lipinski definition) is 0. The van der Waals surface area contributed by atoms with Gasteiger partial charge in [-0.1, -0.05) is 297 Å². The molecule has 0 atom stereocenters. The molecule has 0 aliphatic rings. The summed E-state index contributed by atoms with van der Waals surface area (Å²) in [6.07, 6.45) is 0. The molecule has 122 heavy (non-hydrogen) atoms. The van der Waals surface area contributed by atoms with E-state index in [0.717, 1.165) is 34.1 Å². The first-order valence-corrected chi connectivity index (χ1v) is 42.0. The smallest absolute Gasteiger partial charge is 0.0788 e. The molecule has 0 saturated heterocycles. The number of para-hydroxylation sites is 6. The van der Waals surface area contributed by atoms with Crippen LogP contribution in [0.25, 0.3) is 231 Å². The second kappa shape index (κ2) is 27.7. The second-order valence-corrected chi connectivity index (χ2v) is 32.3. The third-order valence-corrected chi connectivity index (χ3v) is 25.6. The summed E-state index contributed by atoms with van der Waals surface area (Å²) < 4.78 is 14.7. The quantitative estimate of drug-likeness (QED) is 0.131. The SMILES string of the molecule is c1ccc(-c2ccc(-n3c4ccccc4c4cc(-c5ccc6c(c5)c5ccc7c(c8ccccc8n7-c7ccccc7)c5n6-c5ccc6ccccc6c5)ccc43)cc2)cc1.c1ccc(-c2ccc(-n3c4ccccc4c4cc(-c5ccc6c(c5)c5ccc7c8ccccc8n(-c8ccccc8)c7c5n6-c5ccc6ccccc6c5)ccc43)cc2)cc1. The van der Waals surface area contributed by atoms with E-state index in [1.807, 2.05) is 0 Å². The van der Waals surface area contributed by atoms with Crippen LogP contribution in [0.1, 0.15) is 0 Å². The van der Waals surface area contributed by atoms with Crippen LogP contribution in [-0.4, -0.2) is 27.4 Å². The van der Waals surface area contributed by atoms with Gasteiger partial charge in [0.15, 0.2) is 0 Å². The zero-order valence-electron chi connectivity index (χ0n) is 66.4. The minimum atomic E-state index is 1.15. The first-order chi connectivity index (χ1) is 60.5. The fraction of sp³-hybridized carbons (Fsp3) is 0. The molecule has 0 fully saturated rings. The monoisotopic (exact) mass is 1550 g/mol. The molecule has 568 valence electrons. The fourth-order valence-corrected chi connectivity index (χ4v) is 20.1. The Morgan fingerprint density at radius 1 is 0.115 bits per heavy atom. The third kappa shape index (κ3) is 10.8. The summed E-state index contributed by atoms with van der Waals surface area (Å²) >= 11 is 0. The van der Waals surface area contributed by atoms with Crippen LogP contribution in [0.2, 0.25) is 0 Å². The maximum atomic E-state index is 2.50. The molecule has 6 heteroatoms. The van der Waals surface area contributed by atoms with Gasteiger partial charge in [-0.3, -0.25) is 0 Å². The summed E-state index contributed by atoms with van der Waals surface area (Å²) in [5, 5.41) is 19.8. The summed E-state index contributed by atoms with van der Waals surface area (Å²) in [5.74, 6) is 0. The lowest BCUT2D eigenvalue weighted by atomic mass is 10.00. The zero-order valence-corrected chi connectivity index (χ0v) is 66.4. The highest BCUT2D eigenvalue weighted by Crippen LogP contribution is 2.48. The van der Waals surface area contributed by atoms with Gasteiger partial charge in [-0.05, 0) is 218 Å². The summed E-state index contributed by atoms with van der Waals surface area (Å²) in [4.78, 5) is 0. The Bertz CT molecular complexity index is 8710.